The maximum Gasteiger partial charge on any atom is 0.256 e. The Labute approximate surface area is 157 Å². The van der Waals surface area contributed by atoms with Crippen molar-refractivity contribution in [3.8, 4) is 11.3 Å². The van der Waals surface area contributed by atoms with E-state index in [1.54, 1.807) is 29.6 Å². The number of thiazole rings is 1. The summed E-state index contributed by atoms with van der Waals surface area (Å²) in [6, 6.07) is 10.0. The van der Waals surface area contributed by atoms with Gasteiger partial charge in [-0.05, 0) is 42.0 Å². The average Bonchev–Trinajstić information content (AvgIpc) is 3.04. The fourth-order valence-electron chi connectivity index (χ4n) is 2.01. The van der Waals surface area contributed by atoms with Crippen LogP contribution in [0.2, 0.25) is 5.02 Å². The highest BCUT2D eigenvalue weighted by Gasteiger charge is 2.12. The third-order valence-corrected chi connectivity index (χ3v) is 5.37. The summed E-state index contributed by atoms with van der Waals surface area (Å²) in [5, 5.41) is 3.23. The molecule has 0 spiro atoms. The van der Waals surface area contributed by atoms with E-state index in [1.807, 2.05) is 0 Å². The summed E-state index contributed by atoms with van der Waals surface area (Å²) < 4.78 is 52.8. The Hall–Kier alpha value is -2.29. The molecule has 0 aliphatic carbocycles. The van der Waals surface area contributed by atoms with Crippen molar-refractivity contribution in [1.82, 2.24) is 4.98 Å². The van der Waals surface area contributed by atoms with Crippen LogP contribution < -0.4 is 4.72 Å². The highest BCUT2D eigenvalue weighted by atomic mass is 35.5. The molecule has 0 radical (unpaired) electrons. The molecule has 0 bridgehead atoms. The molecule has 0 saturated carbocycles. The number of benzene rings is 2. The number of aromatic nitrogens is 1. The van der Waals surface area contributed by atoms with Gasteiger partial charge in [-0.3, -0.25) is 4.72 Å². The smallest absolute Gasteiger partial charge is 0.255 e. The van der Waals surface area contributed by atoms with Crippen molar-refractivity contribution >= 4 is 44.2 Å². The predicted octanol–water partition coefficient (Wildman–Crippen LogP) is 5.15. The fraction of sp³-hybridized carbons (Fsp3) is 0. The molecule has 134 valence electrons. The molecule has 0 saturated heterocycles. The molecular weight excluding hydrogens is 402 g/mol. The van der Waals surface area contributed by atoms with E-state index in [0.29, 0.717) is 21.8 Å². The Morgan fingerprint density at radius 2 is 1.81 bits per heavy atom. The molecule has 1 heterocycles. The van der Waals surface area contributed by atoms with Crippen molar-refractivity contribution in [3.63, 3.8) is 0 Å². The number of nitrogens with one attached hydrogen (secondary N) is 1. The molecule has 0 aliphatic heterocycles. The van der Waals surface area contributed by atoms with Gasteiger partial charge in [0.1, 0.15) is 0 Å². The lowest BCUT2D eigenvalue weighted by molar-refractivity contribution is 0.509. The van der Waals surface area contributed by atoms with Gasteiger partial charge in [0, 0.05) is 16.0 Å². The molecule has 0 amide bonds. The first-order valence-electron chi connectivity index (χ1n) is 7.20. The van der Waals surface area contributed by atoms with Crippen LogP contribution in [0, 0.1) is 11.6 Å². The van der Waals surface area contributed by atoms with Crippen LogP contribution in [0.15, 0.2) is 53.3 Å². The minimum absolute atomic E-state index is 0.116. The second kappa shape index (κ2) is 7.53. The van der Waals surface area contributed by atoms with Gasteiger partial charge in [-0.25, -0.2) is 22.2 Å². The Bertz CT molecular complexity index is 1060. The van der Waals surface area contributed by atoms with Gasteiger partial charge >= 0.3 is 0 Å². The third kappa shape index (κ3) is 4.66. The Morgan fingerprint density at radius 1 is 1.08 bits per heavy atom. The number of anilines is 1. The zero-order chi connectivity index (χ0) is 18.7. The Kier molecular flexibility index (Phi) is 5.36. The zero-order valence-corrected chi connectivity index (χ0v) is 15.4. The van der Waals surface area contributed by atoms with Gasteiger partial charge in [-0.1, -0.05) is 23.7 Å². The summed E-state index contributed by atoms with van der Waals surface area (Å²) in [7, 11) is -3.78. The van der Waals surface area contributed by atoms with E-state index >= 15 is 0 Å². The van der Waals surface area contributed by atoms with Gasteiger partial charge < -0.3 is 0 Å². The van der Waals surface area contributed by atoms with Crippen molar-refractivity contribution in [2.45, 2.75) is 0 Å². The quantitative estimate of drug-likeness (QED) is 0.630. The molecule has 3 aromatic rings. The third-order valence-electron chi connectivity index (χ3n) is 3.26. The van der Waals surface area contributed by atoms with Gasteiger partial charge in [0.2, 0.25) is 0 Å². The van der Waals surface area contributed by atoms with Crippen LogP contribution in [-0.2, 0) is 10.0 Å². The molecule has 0 unspecified atom stereocenters. The van der Waals surface area contributed by atoms with Crippen LogP contribution >= 0.6 is 22.9 Å². The molecular formula is C17H11ClF2N2O2S2. The van der Waals surface area contributed by atoms with Crippen LogP contribution in [0.25, 0.3) is 17.3 Å². The molecule has 1 aromatic heterocycles. The standard InChI is InChI=1S/C17H11ClF2N2O2S2/c18-13-4-1-11(2-5-13)7-8-26(23,24)22-17-21-16(10-25-17)12-3-6-14(19)15(20)9-12/h1-10H,(H,21,22). The number of hydrogen-bond acceptors (Lipinski definition) is 4. The average molecular weight is 413 g/mol. The summed E-state index contributed by atoms with van der Waals surface area (Å²) in [5.41, 5.74) is 1.36. The first-order chi connectivity index (χ1) is 12.3. The Balaban J connectivity index is 1.75. The molecule has 2 aromatic carbocycles. The molecule has 0 atom stereocenters. The highest BCUT2D eigenvalue weighted by molar-refractivity contribution is 7.95. The van der Waals surface area contributed by atoms with Gasteiger partial charge in [-0.15, -0.1) is 11.3 Å². The van der Waals surface area contributed by atoms with E-state index < -0.39 is 21.7 Å². The maximum atomic E-state index is 13.3. The van der Waals surface area contributed by atoms with Crippen LogP contribution in [-0.4, -0.2) is 13.4 Å². The lowest BCUT2D eigenvalue weighted by Crippen LogP contribution is -2.08. The summed E-state index contributed by atoms with van der Waals surface area (Å²) in [4.78, 5) is 4.09. The molecule has 26 heavy (non-hydrogen) atoms. The zero-order valence-electron chi connectivity index (χ0n) is 13.0. The monoisotopic (exact) mass is 412 g/mol. The van der Waals surface area contributed by atoms with E-state index in [2.05, 4.69) is 9.71 Å². The number of sulfonamides is 1. The van der Waals surface area contributed by atoms with Crippen molar-refractivity contribution in [2.75, 3.05) is 4.72 Å². The van der Waals surface area contributed by atoms with E-state index in [-0.39, 0.29) is 5.13 Å². The van der Waals surface area contributed by atoms with Crippen LogP contribution in [0.1, 0.15) is 5.56 Å². The normalized spacial score (nSPS) is 11.8. The maximum absolute atomic E-state index is 13.3. The number of halogens is 3. The van der Waals surface area contributed by atoms with E-state index in [9.17, 15) is 17.2 Å². The van der Waals surface area contributed by atoms with E-state index in [4.69, 9.17) is 11.6 Å². The highest BCUT2D eigenvalue weighted by Crippen LogP contribution is 2.26. The predicted molar refractivity (Wildman–Crippen MR) is 100 cm³/mol. The van der Waals surface area contributed by atoms with Crippen molar-refractivity contribution in [2.24, 2.45) is 0 Å². The second-order valence-corrected chi connectivity index (χ2v) is 8.03. The van der Waals surface area contributed by atoms with Crippen molar-refractivity contribution in [3.05, 3.63) is 75.5 Å². The SMILES string of the molecule is O=S(=O)(C=Cc1ccc(Cl)cc1)Nc1nc(-c2ccc(F)c(F)c2)cs1. The summed E-state index contributed by atoms with van der Waals surface area (Å²) in [6.07, 6.45) is 1.42. The fourth-order valence-corrected chi connectivity index (χ4v) is 3.93. The minimum atomic E-state index is -3.78. The van der Waals surface area contributed by atoms with Crippen molar-refractivity contribution < 1.29 is 17.2 Å². The molecule has 1 N–H and O–H groups in total. The number of rotatable bonds is 5. The Morgan fingerprint density at radius 3 is 2.50 bits per heavy atom. The van der Waals surface area contributed by atoms with Gasteiger partial charge in [-0.2, -0.15) is 0 Å². The summed E-state index contributed by atoms with van der Waals surface area (Å²) in [6.45, 7) is 0. The lowest BCUT2D eigenvalue weighted by atomic mass is 10.2. The first kappa shape index (κ1) is 18.5. The molecule has 9 heteroatoms. The van der Waals surface area contributed by atoms with Gasteiger partial charge in [0.15, 0.2) is 16.8 Å². The van der Waals surface area contributed by atoms with Crippen molar-refractivity contribution in [1.29, 1.82) is 0 Å². The molecule has 0 fully saturated rings. The largest absolute Gasteiger partial charge is 0.256 e. The number of hydrogen-bond donors (Lipinski definition) is 1. The topological polar surface area (TPSA) is 59.1 Å². The second-order valence-electron chi connectivity index (χ2n) is 5.17. The van der Waals surface area contributed by atoms with Crippen LogP contribution in [0.4, 0.5) is 13.9 Å². The van der Waals surface area contributed by atoms with E-state index in [1.165, 1.54) is 12.1 Å². The minimum Gasteiger partial charge on any atom is -0.255 e. The molecule has 3 rings (SSSR count). The molecule has 0 aliphatic rings. The van der Waals surface area contributed by atoms with E-state index in [0.717, 1.165) is 28.9 Å². The van der Waals surface area contributed by atoms with Crippen LogP contribution in [0.3, 0.4) is 0 Å². The van der Waals surface area contributed by atoms with Crippen LogP contribution in [0.5, 0.6) is 0 Å². The lowest BCUT2D eigenvalue weighted by Gasteiger charge is -2.00. The summed E-state index contributed by atoms with van der Waals surface area (Å²) in [5.74, 6) is -1.96. The molecule has 4 nitrogen and oxygen atoms in total. The summed E-state index contributed by atoms with van der Waals surface area (Å²) >= 11 is 6.81. The first-order valence-corrected chi connectivity index (χ1v) is 10.0. The van der Waals surface area contributed by atoms with Gasteiger partial charge in [0.25, 0.3) is 10.0 Å². The number of nitrogens with zero attached hydrogens (tertiary/aromatic N) is 1. The van der Waals surface area contributed by atoms with Gasteiger partial charge in [0.05, 0.1) is 11.1 Å².